The first-order chi connectivity index (χ1) is 13.8. The Morgan fingerprint density at radius 1 is 1.07 bits per heavy atom. The van der Waals surface area contributed by atoms with E-state index in [9.17, 15) is 13.2 Å². The summed E-state index contributed by atoms with van der Waals surface area (Å²) in [5.74, 6) is -0.398. The van der Waals surface area contributed by atoms with E-state index < -0.39 is 10.0 Å². The minimum absolute atomic E-state index is 0.0628. The number of nitrogens with one attached hydrogen (secondary N) is 1. The van der Waals surface area contributed by atoms with Crippen LogP contribution in [0, 0.1) is 19.8 Å². The molecule has 156 valence electrons. The molecule has 1 aliphatic rings. The van der Waals surface area contributed by atoms with Gasteiger partial charge in [-0.15, -0.1) is 0 Å². The van der Waals surface area contributed by atoms with E-state index >= 15 is 0 Å². The van der Waals surface area contributed by atoms with Gasteiger partial charge < -0.3 is 5.32 Å². The molecule has 0 bridgehead atoms. The summed E-state index contributed by atoms with van der Waals surface area (Å²) < 4.78 is 27.4. The maximum Gasteiger partial charge on any atom is 0.243 e. The molecule has 2 aromatic carbocycles. The van der Waals surface area contributed by atoms with Crippen molar-refractivity contribution in [2.45, 2.75) is 51.0 Å². The smallest absolute Gasteiger partial charge is 0.243 e. The Hall–Kier alpha value is -2.18. The molecule has 0 aromatic heterocycles. The van der Waals surface area contributed by atoms with Gasteiger partial charge >= 0.3 is 0 Å². The topological polar surface area (TPSA) is 66.5 Å². The highest BCUT2D eigenvalue weighted by atomic mass is 32.2. The lowest BCUT2D eigenvalue weighted by Crippen LogP contribution is -2.46. The number of piperidine rings is 1. The first-order valence-corrected chi connectivity index (χ1v) is 11.7. The van der Waals surface area contributed by atoms with Gasteiger partial charge in [0.1, 0.15) is 0 Å². The Kier molecular flexibility index (Phi) is 6.75. The van der Waals surface area contributed by atoms with Crippen LogP contribution < -0.4 is 5.32 Å². The molecule has 1 N–H and O–H groups in total. The monoisotopic (exact) mass is 414 g/mol. The van der Waals surface area contributed by atoms with Gasteiger partial charge in [-0.2, -0.15) is 4.31 Å². The summed E-state index contributed by atoms with van der Waals surface area (Å²) in [4.78, 5) is 13.2. The molecular formula is C23H30N2O3S. The molecule has 0 aliphatic carbocycles. The zero-order valence-electron chi connectivity index (χ0n) is 17.4. The number of amides is 1. The molecule has 6 heteroatoms. The van der Waals surface area contributed by atoms with Crippen molar-refractivity contribution in [1.82, 2.24) is 9.62 Å². The molecule has 2 atom stereocenters. The van der Waals surface area contributed by atoms with E-state index in [0.29, 0.717) is 19.4 Å². The number of benzene rings is 2. The zero-order valence-corrected chi connectivity index (χ0v) is 18.2. The van der Waals surface area contributed by atoms with Gasteiger partial charge in [-0.25, -0.2) is 8.42 Å². The predicted molar refractivity (Wildman–Crippen MR) is 115 cm³/mol. The summed E-state index contributed by atoms with van der Waals surface area (Å²) >= 11 is 0. The van der Waals surface area contributed by atoms with E-state index in [4.69, 9.17) is 0 Å². The lowest BCUT2D eigenvalue weighted by molar-refractivity contribution is -0.126. The third-order valence-electron chi connectivity index (χ3n) is 5.62. The van der Waals surface area contributed by atoms with Crippen LogP contribution in [0.1, 0.15) is 48.9 Å². The molecule has 1 heterocycles. The van der Waals surface area contributed by atoms with E-state index in [0.717, 1.165) is 17.5 Å². The number of carbonyl (C=O) groups is 1. The quantitative estimate of drug-likeness (QED) is 0.778. The fourth-order valence-electron chi connectivity index (χ4n) is 3.74. The minimum Gasteiger partial charge on any atom is -0.349 e. The van der Waals surface area contributed by atoms with Crippen LogP contribution in [0.2, 0.25) is 0 Å². The molecule has 29 heavy (non-hydrogen) atoms. The number of nitrogens with zero attached hydrogens (tertiary/aromatic N) is 1. The lowest BCUT2D eigenvalue weighted by Gasteiger charge is -2.32. The van der Waals surface area contributed by atoms with Crippen LogP contribution in [-0.4, -0.2) is 31.7 Å². The van der Waals surface area contributed by atoms with Crippen molar-refractivity contribution in [3.63, 3.8) is 0 Å². The maximum absolute atomic E-state index is 13.0. The van der Waals surface area contributed by atoms with E-state index in [2.05, 4.69) is 5.32 Å². The highest BCUT2D eigenvalue weighted by Crippen LogP contribution is 2.25. The van der Waals surface area contributed by atoms with Gasteiger partial charge in [-0.3, -0.25) is 4.79 Å². The van der Waals surface area contributed by atoms with Gasteiger partial charge in [0.05, 0.1) is 16.9 Å². The van der Waals surface area contributed by atoms with Crippen molar-refractivity contribution in [2.75, 3.05) is 13.1 Å². The second kappa shape index (κ2) is 9.09. The largest absolute Gasteiger partial charge is 0.349 e. The summed E-state index contributed by atoms with van der Waals surface area (Å²) in [6.07, 6.45) is 2.17. The number of carbonyl (C=O) groups excluding carboxylic acids is 1. The first kappa shape index (κ1) is 21.5. The van der Waals surface area contributed by atoms with Crippen LogP contribution in [0.5, 0.6) is 0 Å². The number of hydrogen-bond acceptors (Lipinski definition) is 3. The van der Waals surface area contributed by atoms with Crippen LogP contribution in [0.25, 0.3) is 0 Å². The number of aryl methyl sites for hydroxylation is 2. The van der Waals surface area contributed by atoms with Crippen molar-refractivity contribution in [3.8, 4) is 0 Å². The van der Waals surface area contributed by atoms with Crippen molar-refractivity contribution < 1.29 is 13.2 Å². The maximum atomic E-state index is 13.0. The van der Waals surface area contributed by atoms with Crippen molar-refractivity contribution in [2.24, 2.45) is 5.92 Å². The third kappa shape index (κ3) is 5.06. The second-order valence-corrected chi connectivity index (χ2v) is 9.83. The Bertz CT molecular complexity index is 937. The Morgan fingerprint density at radius 3 is 2.24 bits per heavy atom. The van der Waals surface area contributed by atoms with Gasteiger partial charge in [0, 0.05) is 13.1 Å². The molecule has 1 saturated heterocycles. The average Bonchev–Trinajstić information content (AvgIpc) is 2.73. The average molecular weight is 415 g/mol. The molecule has 1 fully saturated rings. The fourth-order valence-corrected chi connectivity index (χ4v) is 5.27. The molecule has 0 radical (unpaired) electrons. The molecule has 0 unspecified atom stereocenters. The van der Waals surface area contributed by atoms with Crippen LogP contribution in [-0.2, 0) is 14.8 Å². The van der Waals surface area contributed by atoms with Crippen LogP contribution in [0.4, 0.5) is 0 Å². The first-order valence-electron chi connectivity index (χ1n) is 10.2. The van der Waals surface area contributed by atoms with E-state index in [1.54, 1.807) is 24.3 Å². The molecule has 0 spiro atoms. The predicted octanol–water partition coefficient (Wildman–Crippen LogP) is 3.97. The second-order valence-electron chi connectivity index (χ2n) is 7.90. The Labute approximate surface area is 174 Å². The van der Waals surface area contributed by atoms with Gasteiger partial charge in [-0.1, -0.05) is 54.4 Å². The molecule has 5 nitrogen and oxygen atoms in total. The van der Waals surface area contributed by atoms with E-state index in [1.807, 2.05) is 45.0 Å². The van der Waals surface area contributed by atoms with Crippen LogP contribution in [0.15, 0.2) is 53.4 Å². The summed E-state index contributed by atoms with van der Waals surface area (Å²) in [6.45, 7) is 6.69. The van der Waals surface area contributed by atoms with Crippen molar-refractivity contribution in [3.05, 3.63) is 65.2 Å². The standard InChI is InChI=1S/C23H30N2O3S/c1-4-22(19-11-7-17(2)8-12-19)24-23(26)20-6-5-15-25(16-20)29(27,28)21-13-9-18(3)10-14-21/h7-14,20,22H,4-6,15-16H2,1-3H3,(H,24,26)/t20-,22+/m0/s1. The number of rotatable bonds is 6. The number of hydrogen-bond donors (Lipinski definition) is 1. The van der Waals surface area contributed by atoms with Gasteiger partial charge in [0.2, 0.25) is 15.9 Å². The third-order valence-corrected chi connectivity index (χ3v) is 7.50. The lowest BCUT2D eigenvalue weighted by atomic mass is 9.97. The fraction of sp³-hybridized carbons (Fsp3) is 0.435. The summed E-state index contributed by atoms with van der Waals surface area (Å²) in [5, 5.41) is 3.13. The number of sulfonamides is 1. The summed E-state index contributed by atoms with van der Waals surface area (Å²) in [7, 11) is -3.58. The summed E-state index contributed by atoms with van der Waals surface area (Å²) in [5.41, 5.74) is 3.27. The molecule has 1 aliphatic heterocycles. The highest BCUT2D eigenvalue weighted by Gasteiger charge is 2.33. The molecular weight excluding hydrogens is 384 g/mol. The summed E-state index contributed by atoms with van der Waals surface area (Å²) in [6, 6.07) is 15.0. The van der Waals surface area contributed by atoms with Crippen molar-refractivity contribution >= 4 is 15.9 Å². The van der Waals surface area contributed by atoms with Gasteiger partial charge in [0.15, 0.2) is 0 Å². The normalized spacial score (nSPS) is 18.9. The zero-order chi connectivity index (χ0) is 21.0. The van der Waals surface area contributed by atoms with Crippen molar-refractivity contribution in [1.29, 1.82) is 0 Å². The molecule has 2 aromatic rings. The Balaban J connectivity index is 1.70. The molecule has 1 amide bonds. The van der Waals surface area contributed by atoms with Crippen LogP contribution >= 0.6 is 0 Å². The van der Waals surface area contributed by atoms with E-state index in [-0.39, 0.29) is 29.3 Å². The minimum atomic E-state index is -3.58. The Morgan fingerprint density at radius 2 is 1.66 bits per heavy atom. The highest BCUT2D eigenvalue weighted by molar-refractivity contribution is 7.89. The van der Waals surface area contributed by atoms with E-state index in [1.165, 1.54) is 9.87 Å². The molecule has 3 rings (SSSR count). The van der Waals surface area contributed by atoms with Crippen LogP contribution in [0.3, 0.4) is 0 Å². The van der Waals surface area contributed by atoms with Gasteiger partial charge in [-0.05, 0) is 50.8 Å². The SMILES string of the molecule is CC[C@@H](NC(=O)[C@H]1CCCN(S(=O)(=O)c2ccc(C)cc2)C1)c1ccc(C)cc1. The molecule has 0 saturated carbocycles. The van der Waals surface area contributed by atoms with Gasteiger partial charge in [0.25, 0.3) is 0 Å².